The van der Waals surface area contributed by atoms with Crippen LogP contribution in [0.1, 0.15) is 6.42 Å². The van der Waals surface area contributed by atoms with Gasteiger partial charge in [-0.25, -0.2) is 4.39 Å². The Kier molecular flexibility index (Phi) is 4.20. The van der Waals surface area contributed by atoms with E-state index in [-0.39, 0.29) is 5.83 Å². The molecule has 2 heteroatoms. The lowest BCUT2D eigenvalue weighted by atomic mass is 10.5. The first kappa shape index (κ1) is 7.02. The van der Waals surface area contributed by atoms with Crippen molar-refractivity contribution in [3.63, 3.8) is 0 Å². The third kappa shape index (κ3) is 6.02. The number of hydrogen-bond acceptors (Lipinski definition) is 1. The molecule has 0 N–H and O–H groups in total. The number of rotatable bonds is 3. The van der Waals surface area contributed by atoms with E-state index in [0.29, 0.717) is 6.42 Å². The Morgan fingerprint density at radius 2 is 2.43 bits per heavy atom. The van der Waals surface area contributed by atoms with Crippen LogP contribution < -0.4 is 0 Å². The van der Waals surface area contributed by atoms with Gasteiger partial charge in [-0.15, -0.1) is 0 Å². The number of allylic oxidation sites excluding steroid dienone is 1. The summed E-state index contributed by atoms with van der Waals surface area (Å²) in [4.78, 5) is 0. The van der Waals surface area contributed by atoms with Crippen LogP contribution in [0, 0.1) is 0 Å². The lowest BCUT2D eigenvalue weighted by Crippen LogP contribution is -1.74. The summed E-state index contributed by atoms with van der Waals surface area (Å²) in [5.41, 5.74) is 0. The summed E-state index contributed by atoms with van der Waals surface area (Å²) in [7, 11) is 0. The Bertz CT molecular complexity index is 61.1. The van der Waals surface area contributed by atoms with Gasteiger partial charge in [-0.1, -0.05) is 6.58 Å². The van der Waals surface area contributed by atoms with Crippen LogP contribution in [0.25, 0.3) is 0 Å². The Morgan fingerprint density at radius 3 is 2.57 bits per heavy atom. The molecule has 0 heterocycles. The summed E-state index contributed by atoms with van der Waals surface area (Å²) in [6, 6.07) is 0. The van der Waals surface area contributed by atoms with Crippen LogP contribution in [0.15, 0.2) is 12.4 Å². The molecule has 0 aromatic carbocycles. The summed E-state index contributed by atoms with van der Waals surface area (Å²) in [5, 5.41) is 0. The Hall–Kier alpha value is 0.0200. The number of thioether (sulfide) groups is 1. The van der Waals surface area contributed by atoms with E-state index >= 15 is 0 Å². The molecule has 0 atom stereocenters. The van der Waals surface area contributed by atoms with Gasteiger partial charge in [0.1, 0.15) is 0 Å². The molecule has 0 aliphatic carbocycles. The van der Waals surface area contributed by atoms with E-state index in [1.165, 1.54) is 0 Å². The van der Waals surface area contributed by atoms with Crippen molar-refractivity contribution in [2.45, 2.75) is 6.42 Å². The molecule has 7 heavy (non-hydrogen) atoms. The minimum Gasteiger partial charge on any atom is -0.212 e. The lowest BCUT2D eigenvalue weighted by molar-refractivity contribution is 0.611. The maximum atomic E-state index is 11.7. The van der Waals surface area contributed by atoms with Crippen LogP contribution in [0.5, 0.6) is 0 Å². The zero-order chi connectivity index (χ0) is 5.70. The fourth-order valence-corrected chi connectivity index (χ4v) is 0.638. The topological polar surface area (TPSA) is 0 Å². The van der Waals surface area contributed by atoms with Crippen molar-refractivity contribution in [2.75, 3.05) is 12.0 Å². The molecule has 0 saturated carbocycles. The molecule has 0 aliphatic rings. The standard InChI is InChI=1S/C5H9FS/c1-5(6)3-4-7-2/h1,3-4H2,2H3. The second kappa shape index (κ2) is 4.19. The zero-order valence-electron chi connectivity index (χ0n) is 4.41. The fraction of sp³-hybridized carbons (Fsp3) is 0.600. The van der Waals surface area contributed by atoms with Gasteiger partial charge in [-0.05, 0) is 12.0 Å². The Labute approximate surface area is 47.8 Å². The third-order valence-corrected chi connectivity index (χ3v) is 1.19. The van der Waals surface area contributed by atoms with Gasteiger partial charge in [0.05, 0.1) is 5.83 Å². The predicted molar refractivity (Wildman–Crippen MR) is 33.2 cm³/mol. The first-order valence-electron chi connectivity index (χ1n) is 2.09. The smallest absolute Gasteiger partial charge is 0.0936 e. The predicted octanol–water partition coefficient (Wildman–Crippen LogP) is 2.22. The molecule has 0 fully saturated rings. The quantitative estimate of drug-likeness (QED) is 0.550. The van der Waals surface area contributed by atoms with Crippen molar-refractivity contribution in [1.82, 2.24) is 0 Å². The normalized spacial score (nSPS) is 8.86. The molecule has 0 unspecified atom stereocenters. The molecule has 0 amide bonds. The minimum atomic E-state index is -0.214. The van der Waals surface area contributed by atoms with Gasteiger partial charge in [0.2, 0.25) is 0 Å². The van der Waals surface area contributed by atoms with Crippen LogP contribution >= 0.6 is 11.8 Å². The largest absolute Gasteiger partial charge is 0.212 e. The highest BCUT2D eigenvalue weighted by Gasteiger charge is 1.85. The van der Waals surface area contributed by atoms with Gasteiger partial charge >= 0.3 is 0 Å². The molecule has 0 spiro atoms. The van der Waals surface area contributed by atoms with Crippen LogP contribution in [0.4, 0.5) is 4.39 Å². The lowest BCUT2D eigenvalue weighted by Gasteiger charge is -1.88. The summed E-state index contributed by atoms with van der Waals surface area (Å²) < 4.78 is 11.7. The van der Waals surface area contributed by atoms with Gasteiger partial charge in [-0.2, -0.15) is 11.8 Å². The maximum absolute atomic E-state index is 11.7. The van der Waals surface area contributed by atoms with E-state index in [9.17, 15) is 4.39 Å². The fourth-order valence-electron chi connectivity index (χ4n) is 0.213. The van der Waals surface area contributed by atoms with Gasteiger partial charge in [0.25, 0.3) is 0 Å². The average Bonchev–Trinajstić information content (AvgIpc) is 1.61. The minimum absolute atomic E-state index is 0.214. The van der Waals surface area contributed by atoms with Gasteiger partial charge in [-0.3, -0.25) is 0 Å². The van der Waals surface area contributed by atoms with Crippen molar-refractivity contribution in [2.24, 2.45) is 0 Å². The average molecular weight is 120 g/mol. The second-order valence-electron chi connectivity index (χ2n) is 1.26. The maximum Gasteiger partial charge on any atom is 0.0936 e. The van der Waals surface area contributed by atoms with E-state index in [0.717, 1.165) is 5.75 Å². The molecule has 0 aromatic heterocycles. The summed E-state index contributed by atoms with van der Waals surface area (Å²) >= 11 is 1.63. The Morgan fingerprint density at radius 1 is 1.86 bits per heavy atom. The summed E-state index contributed by atoms with van der Waals surface area (Å²) in [6.45, 7) is 3.11. The van der Waals surface area contributed by atoms with Crippen molar-refractivity contribution < 1.29 is 4.39 Å². The van der Waals surface area contributed by atoms with E-state index in [1.54, 1.807) is 11.8 Å². The molecule has 0 rings (SSSR count). The van der Waals surface area contributed by atoms with Crippen molar-refractivity contribution >= 4 is 11.8 Å². The van der Waals surface area contributed by atoms with Crippen LogP contribution in [-0.4, -0.2) is 12.0 Å². The summed E-state index contributed by atoms with van der Waals surface area (Å²) in [5.74, 6) is 0.629. The van der Waals surface area contributed by atoms with Crippen LogP contribution in [0.3, 0.4) is 0 Å². The molecule has 0 nitrogen and oxygen atoms in total. The molecule has 0 aromatic rings. The molecule has 0 saturated heterocycles. The molecule has 0 bridgehead atoms. The van der Waals surface area contributed by atoms with Crippen molar-refractivity contribution in [1.29, 1.82) is 0 Å². The van der Waals surface area contributed by atoms with Gasteiger partial charge < -0.3 is 0 Å². The van der Waals surface area contributed by atoms with E-state index < -0.39 is 0 Å². The van der Waals surface area contributed by atoms with Crippen molar-refractivity contribution in [3.05, 3.63) is 12.4 Å². The highest BCUT2D eigenvalue weighted by atomic mass is 32.2. The molecular formula is C5H9FS. The van der Waals surface area contributed by atoms with Crippen molar-refractivity contribution in [3.8, 4) is 0 Å². The van der Waals surface area contributed by atoms with E-state index in [1.807, 2.05) is 6.26 Å². The van der Waals surface area contributed by atoms with E-state index in [2.05, 4.69) is 6.58 Å². The summed E-state index contributed by atoms with van der Waals surface area (Å²) in [6.07, 6.45) is 2.45. The second-order valence-corrected chi connectivity index (χ2v) is 2.25. The third-order valence-electron chi connectivity index (χ3n) is 0.577. The van der Waals surface area contributed by atoms with E-state index in [4.69, 9.17) is 0 Å². The van der Waals surface area contributed by atoms with Crippen LogP contribution in [-0.2, 0) is 0 Å². The molecular weight excluding hydrogens is 111 g/mol. The SMILES string of the molecule is C=C(F)CCSC. The number of hydrogen-bond donors (Lipinski definition) is 0. The van der Waals surface area contributed by atoms with Gasteiger partial charge in [0, 0.05) is 6.42 Å². The highest BCUT2D eigenvalue weighted by Crippen LogP contribution is 2.03. The molecule has 0 radical (unpaired) electrons. The van der Waals surface area contributed by atoms with Gasteiger partial charge in [0.15, 0.2) is 0 Å². The first-order valence-corrected chi connectivity index (χ1v) is 3.49. The highest BCUT2D eigenvalue weighted by molar-refractivity contribution is 7.98. The zero-order valence-corrected chi connectivity index (χ0v) is 5.22. The number of halogens is 1. The first-order chi connectivity index (χ1) is 3.27. The Balaban J connectivity index is 2.82. The monoisotopic (exact) mass is 120 g/mol. The molecule has 42 valence electrons. The van der Waals surface area contributed by atoms with Crippen LogP contribution in [0.2, 0.25) is 0 Å². The molecule has 0 aliphatic heterocycles.